The topological polar surface area (TPSA) is 59.4 Å². The number of thiazole rings is 1. The largest absolute Gasteiger partial charge is 0.477 e. The highest BCUT2D eigenvalue weighted by Gasteiger charge is 2.17. The third kappa shape index (κ3) is 2.30. The summed E-state index contributed by atoms with van der Waals surface area (Å²) in [6.07, 6.45) is -0.128. The molecule has 0 saturated heterocycles. The fourth-order valence-electron chi connectivity index (χ4n) is 1.11. The highest BCUT2D eigenvalue weighted by molar-refractivity contribution is 7.13. The molecule has 0 amide bonds. The van der Waals surface area contributed by atoms with Gasteiger partial charge in [0.15, 0.2) is 0 Å². The third-order valence-corrected chi connectivity index (χ3v) is 3.08. The van der Waals surface area contributed by atoms with Crippen LogP contribution in [-0.2, 0) is 4.74 Å². The first-order valence-corrected chi connectivity index (χ1v) is 5.20. The second-order valence-corrected chi connectivity index (χ2v) is 3.90. The lowest BCUT2D eigenvalue weighted by molar-refractivity contribution is 0.0701. The number of nitrogens with zero attached hydrogens (tertiary/aromatic N) is 1. The van der Waals surface area contributed by atoms with Gasteiger partial charge in [0.2, 0.25) is 0 Å². The van der Waals surface area contributed by atoms with Gasteiger partial charge in [0.1, 0.15) is 16.0 Å². The van der Waals surface area contributed by atoms with E-state index in [0.29, 0.717) is 17.2 Å². The zero-order valence-corrected chi connectivity index (χ0v) is 9.22. The SMILES string of the molecule is CCO[C@H](C)c1nc(C)c(C(=O)O)s1. The van der Waals surface area contributed by atoms with Crippen LogP contribution in [0.15, 0.2) is 0 Å². The van der Waals surface area contributed by atoms with Crippen LogP contribution in [0.5, 0.6) is 0 Å². The zero-order chi connectivity index (χ0) is 10.7. The molecular weight excluding hydrogens is 202 g/mol. The number of aryl methyl sites for hydroxylation is 1. The van der Waals surface area contributed by atoms with Gasteiger partial charge < -0.3 is 9.84 Å². The smallest absolute Gasteiger partial charge is 0.347 e. The van der Waals surface area contributed by atoms with Gasteiger partial charge in [0.05, 0.1) is 5.69 Å². The van der Waals surface area contributed by atoms with Crippen molar-refractivity contribution < 1.29 is 14.6 Å². The third-order valence-electron chi connectivity index (χ3n) is 1.77. The standard InChI is InChI=1S/C9H13NO3S/c1-4-13-6(3)8-10-5(2)7(14-8)9(11)12/h6H,4H2,1-3H3,(H,11,12)/t6-/m1/s1. The highest BCUT2D eigenvalue weighted by atomic mass is 32.1. The van der Waals surface area contributed by atoms with Crippen LogP contribution in [0.3, 0.4) is 0 Å². The molecule has 5 heteroatoms. The number of carboxylic acids is 1. The maximum atomic E-state index is 10.7. The van der Waals surface area contributed by atoms with Crippen molar-refractivity contribution in [2.45, 2.75) is 26.9 Å². The van der Waals surface area contributed by atoms with Gasteiger partial charge in [-0.3, -0.25) is 0 Å². The Kier molecular flexibility index (Phi) is 3.60. The van der Waals surface area contributed by atoms with E-state index < -0.39 is 5.97 Å². The maximum absolute atomic E-state index is 10.7. The van der Waals surface area contributed by atoms with Crippen molar-refractivity contribution >= 4 is 17.3 Å². The predicted octanol–water partition coefficient (Wildman–Crippen LogP) is 2.25. The number of ether oxygens (including phenoxy) is 1. The van der Waals surface area contributed by atoms with Gasteiger partial charge in [-0.2, -0.15) is 0 Å². The summed E-state index contributed by atoms with van der Waals surface area (Å²) in [4.78, 5) is 15.2. The minimum absolute atomic E-state index is 0.128. The summed E-state index contributed by atoms with van der Waals surface area (Å²) in [7, 11) is 0. The Balaban J connectivity index is 2.90. The van der Waals surface area contributed by atoms with E-state index in [1.165, 1.54) is 11.3 Å². The summed E-state index contributed by atoms with van der Waals surface area (Å²) in [5, 5.41) is 9.54. The Morgan fingerprint density at radius 3 is 2.79 bits per heavy atom. The van der Waals surface area contributed by atoms with Crippen molar-refractivity contribution in [1.82, 2.24) is 4.98 Å². The van der Waals surface area contributed by atoms with Crippen molar-refractivity contribution in [3.63, 3.8) is 0 Å². The van der Waals surface area contributed by atoms with Crippen LogP contribution in [0.4, 0.5) is 0 Å². The molecule has 0 fully saturated rings. The van der Waals surface area contributed by atoms with Crippen LogP contribution in [0.2, 0.25) is 0 Å². The average Bonchev–Trinajstić information content (AvgIpc) is 2.48. The summed E-state index contributed by atoms with van der Waals surface area (Å²) >= 11 is 1.18. The number of rotatable bonds is 4. The molecule has 1 N–H and O–H groups in total. The van der Waals surface area contributed by atoms with Crippen LogP contribution < -0.4 is 0 Å². The van der Waals surface area contributed by atoms with Gasteiger partial charge in [-0.15, -0.1) is 11.3 Å². The lowest BCUT2D eigenvalue weighted by Crippen LogP contribution is -1.98. The van der Waals surface area contributed by atoms with E-state index in [2.05, 4.69) is 4.98 Å². The summed E-state index contributed by atoms with van der Waals surface area (Å²) in [5.74, 6) is -0.921. The van der Waals surface area contributed by atoms with Crippen LogP contribution in [-0.4, -0.2) is 22.7 Å². The molecule has 0 aliphatic rings. The molecule has 0 aliphatic heterocycles. The number of hydrogen-bond acceptors (Lipinski definition) is 4. The first kappa shape index (κ1) is 11.1. The Labute approximate surface area is 86.6 Å². The van der Waals surface area contributed by atoms with Crippen LogP contribution in [0.1, 0.15) is 40.3 Å². The summed E-state index contributed by atoms with van der Waals surface area (Å²) in [6.45, 7) is 6.06. The van der Waals surface area contributed by atoms with Crippen LogP contribution >= 0.6 is 11.3 Å². The molecule has 1 heterocycles. The summed E-state index contributed by atoms with van der Waals surface area (Å²) in [6, 6.07) is 0. The highest BCUT2D eigenvalue weighted by Crippen LogP contribution is 2.25. The molecule has 0 aromatic carbocycles. The number of aromatic nitrogens is 1. The lowest BCUT2D eigenvalue weighted by atomic mass is 10.4. The molecule has 1 atom stereocenters. The molecule has 1 rings (SSSR count). The Morgan fingerprint density at radius 2 is 2.36 bits per heavy atom. The Hall–Kier alpha value is -0.940. The van der Waals surface area contributed by atoms with Crippen molar-refractivity contribution in [3.05, 3.63) is 15.6 Å². The van der Waals surface area contributed by atoms with E-state index in [1.54, 1.807) is 6.92 Å². The van der Waals surface area contributed by atoms with Gasteiger partial charge in [-0.1, -0.05) is 0 Å². The molecule has 14 heavy (non-hydrogen) atoms. The predicted molar refractivity (Wildman–Crippen MR) is 53.9 cm³/mol. The maximum Gasteiger partial charge on any atom is 0.347 e. The zero-order valence-electron chi connectivity index (χ0n) is 8.40. The van der Waals surface area contributed by atoms with Crippen molar-refractivity contribution in [3.8, 4) is 0 Å². The van der Waals surface area contributed by atoms with E-state index in [-0.39, 0.29) is 6.10 Å². The Morgan fingerprint density at radius 1 is 1.71 bits per heavy atom. The van der Waals surface area contributed by atoms with E-state index in [0.717, 1.165) is 5.01 Å². The second-order valence-electron chi connectivity index (χ2n) is 2.87. The average molecular weight is 215 g/mol. The molecule has 1 aromatic heterocycles. The molecular formula is C9H13NO3S. The normalized spacial score (nSPS) is 12.8. The van der Waals surface area contributed by atoms with Gasteiger partial charge in [-0.25, -0.2) is 9.78 Å². The van der Waals surface area contributed by atoms with Gasteiger partial charge >= 0.3 is 5.97 Å². The quantitative estimate of drug-likeness (QED) is 0.836. The molecule has 4 nitrogen and oxygen atoms in total. The number of carboxylic acid groups (broad SMARTS) is 1. The molecule has 0 spiro atoms. The summed E-state index contributed by atoms with van der Waals surface area (Å²) in [5.41, 5.74) is 0.559. The van der Waals surface area contributed by atoms with E-state index >= 15 is 0 Å². The second kappa shape index (κ2) is 4.52. The van der Waals surface area contributed by atoms with Gasteiger partial charge in [0, 0.05) is 6.61 Å². The fourth-order valence-corrected chi connectivity index (χ4v) is 2.02. The summed E-state index contributed by atoms with van der Waals surface area (Å²) < 4.78 is 5.33. The molecule has 0 unspecified atom stereocenters. The van der Waals surface area contributed by atoms with E-state index in [4.69, 9.17) is 9.84 Å². The monoisotopic (exact) mass is 215 g/mol. The number of aromatic carboxylic acids is 1. The first-order valence-electron chi connectivity index (χ1n) is 4.38. The molecule has 78 valence electrons. The number of hydrogen-bond donors (Lipinski definition) is 1. The fraction of sp³-hybridized carbons (Fsp3) is 0.556. The van der Waals surface area contributed by atoms with Crippen molar-refractivity contribution in [2.24, 2.45) is 0 Å². The van der Waals surface area contributed by atoms with Gasteiger partial charge in [0.25, 0.3) is 0 Å². The molecule has 0 bridgehead atoms. The van der Waals surface area contributed by atoms with Crippen LogP contribution in [0.25, 0.3) is 0 Å². The Bertz CT molecular complexity index is 335. The van der Waals surface area contributed by atoms with Crippen LogP contribution in [0, 0.1) is 6.92 Å². The molecule has 0 radical (unpaired) electrons. The molecule has 0 saturated carbocycles. The number of carbonyl (C=O) groups is 1. The van der Waals surface area contributed by atoms with Crippen molar-refractivity contribution in [2.75, 3.05) is 6.61 Å². The van der Waals surface area contributed by atoms with E-state index in [1.807, 2.05) is 13.8 Å². The minimum atomic E-state index is -0.921. The van der Waals surface area contributed by atoms with E-state index in [9.17, 15) is 4.79 Å². The minimum Gasteiger partial charge on any atom is -0.477 e. The first-order chi connectivity index (χ1) is 6.56. The van der Waals surface area contributed by atoms with Crippen molar-refractivity contribution in [1.29, 1.82) is 0 Å². The lowest BCUT2D eigenvalue weighted by Gasteiger charge is -2.06. The molecule has 1 aromatic rings. The molecule has 0 aliphatic carbocycles. The van der Waals surface area contributed by atoms with Gasteiger partial charge in [-0.05, 0) is 20.8 Å².